The van der Waals surface area contributed by atoms with Gasteiger partial charge in [-0.15, -0.1) is 0 Å². The first-order chi connectivity index (χ1) is 9.78. The van der Waals surface area contributed by atoms with E-state index in [1.54, 1.807) is 18.5 Å². The summed E-state index contributed by atoms with van der Waals surface area (Å²) in [5.41, 5.74) is 5.73. The summed E-state index contributed by atoms with van der Waals surface area (Å²) in [6.07, 6.45) is 3.50. The first-order valence-corrected chi connectivity index (χ1v) is 6.58. The molecule has 5 heteroatoms. The van der Waals surface area contributed by atoms with Crippen LogP contribution < -0.4 is 11.3 Å². The third kappa shape index (κ3) is 2.49. The number of aromatic nitrogens is 2. The predicted octanol–water partition coefficient (Wildman–Crippen LogP) is 2.84. The molecule has 0 saturated carbocycles. The van der Waals surface area contributed by atoms with Crippen molar-refractivity contribution in [2.75, 3.05) is 0 Å². The molecule has 0 radical (unpaired) electrons. The van der Waals surface area contributed by atoms with Gasteiger partial charge < -0.3 is 0 Å². The van der Waals surface area contributed by atoms with Crippen molar-refractivity contribution in [1.82, 2.24) is 15.4 Å². The second kappa shape index (κ2) is 5.54. The molecule has 0 fully saturated rings. The van der Waals surface area contributed by atoms with E-state index in [2.05, 4.69) is 15.4 Å². The number of hydrazine groups is 1. The summed E-state index contributed by atoms with van der Waals surface area (Å²) in [7, 11) is 0. The van der Waals surface area contributed by atoms with E-state index < -0.39 is 0 Å². The number of pyridine rings is 2. The summed E-state index contributed by atoms with van der Waals surface area (Å²) >= 11 is 5.81. The Bertz CT molecular complexity index is 727. The molecule has 1 atom stereocenters. The van der Waals surface area contributed by atoms with Crippen LogP contribution in [0, 0.1) is 0 Å². The first kappa shape index (κ1) is 13.0. The molecule has 1 unspecified atom stereocenters. The minimum atomic E-state index is -0.147. The van der Waals surface area contributed by atoms with Crippen LogP contribution in [0.25, 0.3) is 10.9 Å². The lowest BCUT2D eigenvalue weighted by Gasteiger charge is -2.17. The third-order valence-corrected chi connectivity index (χ3v) is 3.44. The molecule has 0 aliphatic carbocycles. The fourth-order valence-electron chi connectivity index (χ4n) is 2.21. The van der Waals surface area contributed by atoms with Crippen molar-refractivity contribution in [1.29, 1.82) is 0 Å². The quantitative estimate of drug-likeness (QED) is 0.441. The highest BCUT2D eigenvalue weighted by Gasteiger charge is 2.13. The lowest BCUT2D eigenvalue weighted by molar-refractivity contribution is 0.635. The topological polar surface area (TPSA) is 63.8 Å². The number of fused-ring (bicyclic) bond motifs is 1. The Morgan fingerprint density at radius 2 is 1.90 bits per heavy atom. The molecule has 0 saturated heterocycles. The number of nitrogens with zero attached hydrogens (tertiary/aromatic N) is 2. The van der Waals surface area contributed by atoms with Crippen molar-refractivity contribution in [3.05, 3.63) is 71.1 Å². The maximum absolute atomic E-state index is 5.81. The molecule has 0 bridgehead atoms. The molecule has 20 heavy (non-hydrogen) atoms. The molecule has 3 rings (SSSR count). The Kier molecular flexibility index (Phi) is 3.60. The van der Waals surface area contributed by atoms with Crippen LogP contribution in [0.4, 0.5) is 0 Å². The second-order valence-corrected chi connectivity index (χ2v) is 4.86. The van der Waals surface area contributed by atoms with Gasteiger partial charge in [0.15, 0.2) is 0 Å². The van der Waals surface area contributed by atoms with Gasteiger partial charge in [-0.25, -0.2) is 10.4 Å². The van der Waals surface area contributed by atoms with Crippen LogP contribution in [0.5, 0.6) is 0 Å². The first-order valence-electron chi connectivity index (χ1n) is 6.20. The number of nitrogens with one attached hydrogen (secondary N) is 1. The van der Waals surface area contributed by atoms with Crippen LogP contribution in [0.1, 0.15) is 17.2 Å². The van der Waals surface area contributed by atoms with E-state index in [1.807, 2.05) is 36.4 Å². The van der Waals surface area contributed by atoms with Gasteiger partial charge in [-0.1, -0.05) is 35.9 Å². The SMILES string of the molecule is NNC(c1ccc(Cl)nc1)c1ccc2cccnc2c1. The Labute approximate surface area is 121 Å². The zero-order valence-electron chi connectivity index (χ0n) is 10.6. The van der Waals surface area contributed by atoms with Gasteiger partial charge in [-0.2, -0.15) is 0 Å². The summed E-state index contributed by atoms with van der Waals surface area (Å²) in [5, 5.41) is 1.56. The van der Waals surface area contributed by atoms with Crippen molar-refractivity contribution in [2.24, 2.45) is 5.84 Å². The van der Waals surface area contributed by atoms with Crippen molar-refractivity contribution in [3.8, 4) is 0 Å². The fraction of sp³-hybridized carbons (Fsp3) is 0.0667. The standard InChI is InChI=1S/C15H13ClN4/c16-14-6-5-12(9-19-14)15(20-17)11-4-3-10-2-1-7-18-13(10)8-11/h1-9,15,20H,17H2. The third-order valence-electron chi connectivity index (χ3n) is 3.21. The highest BCUT2D eigenvalue weighted by molar-refractivity contribution is 6.29. The van der Waals surface area contributed by atoms with Crippen molar-refractivity contribution >= 4 is 22.5 Å². The van der Waals surface area contributed by atoms with Crippen LogP contribution in [-0.2, 0) is 0 Å². The highest BCUT2D eigenvalue weighted by atomic mass is 35.5. The van der Waals surface area contributed by atoms with E-state index in [4.69, 9.17) is 17.4 Å². The maximum atomic E-state index is 5.81. The van der Waals surface area contributed by atoms with Gasteiger partial charge in [0.1, 0.15) is 5.15 Å². The molecule has 0 aliphatic rings. The molecular formula is C15H13ClN4. The molecule has 2 heterocycles. The fourth-order valence-corrected chi connectivity index (χ4v) is 2.32. The number of hydrogen-bond acceptors (Lipinski definition) is 4. The normalized spacial score (nSPS) is 12.5. The van der Waals surface area contributed by atoms with E-state index >= 15 is 0 Å². The lowest BCUT2D eigenvalue weighted by atomic mass is 9.99. The minimum absolute atomic E-state index is 0.147. The molecule has 4 nitrogen and oxygen atoms in total. The molecular weight excluding hydrogens is 272 g/mol. The summed E-state index contributed by atoms with van der Waals surface area (Å²) < 4.78 is 0. The molecule has 1 aromatic carbocycles. The average Bonchev–Trinajstić information content (AvgIpc) is 2.50. The van der Waals surface area contributed by atoms with Crippen molar-refractivity contribution in [2.45, 2.75) is 6.04 Å². The lowest BCUT2D eigenvalue weighted by Crippen LogP contribution is -2.28. The smallest absolute Gasteiger partial charge is 0.129 e. The highest BCUT2D eigenvalue weighted by Crippen LogP contribution is 2.24. The van der Waals surface area contributed by atoms with E-state index in [0.29, 0.717) is 5.15 Å². The predicted molar refractivity (Wildman–Crippen MR) is 80.2 cm³/mol. The number of halogens is 1. The summed E-state index contributed by atoms with van der Waals surface area (Å²) in [5.74, 6) is 5.69. The molecule has 100 valence electrons. The van der Waals surface area contributed by atoms with E-state index in [9.17, 15) is 0 Å². The summed E-state index contributed by atoms with van der Waals surface area (Å²) in [4.78, 5) is 8.45. The average molecular weight is 285 g/mol. The monoisotopic (exact) mass is 284 g/mol. The van der Waals surface area contributed by atoms with Gasteiger partial charge in [-0.05, 0) is 29.3 Å². The molecule has 3 aromatic rings. The van der Waals surface area contributed by atoms with Crippen LogP contribution >= 0.6 is 11.6 Å². The van der Waals surface area contributed by atoms with Crippen molar-refractivity contribution < 1.29 is 0 Å². The second-order valence-electron chi connectivity index (χ2n) is 4.47. The van der Waals surface area contributed by atoms with E-state index in [-0.39, 0.29) is 6.04 Å². The van der Waals surface area contributed by atoms with Crippen LogP contribution in [0.15, 0.2) is 54.9 Å². The molecule has 0 aliphatic heterocycles. The zero-order valence-corrected chi connectivity index (χ0v) is 11.4. The van der Waals surface area contributed by atoms with Crippen LogP contribution in [-0.4, -0.2) is 9.97 Å². The number of hydrogen-bond donors (Lipinski definition) is 2. The maximum Gasteiger partial charge on any atom is 0.129 e. The Balaban J connectivity index is 2.04. The van der Waals surface area contributed by atoms with Gasteiger partial charge in [0.2, 0.25) is 0 Å². The minimum Gasteiger partial charge on any atom is -0.271 e. The van der Waals surface area contributed by atoms with Gasteiger partial charge in [-0.3, -0.25) is 10.8 Å². The van der Waals surface area contributed by atoms with Gasteiger partial charge in [0.25, 0.3) is 0 Å². The van der Waals surface area contributed by atoms with Gasteiger partial charge >= 0.3 is 0 Å². The van der Waals surface area contributed by atoms with Gasteiger partial charge in [0.05, 0.1) is 11.6 Å². The Hall–Kier alpha value is -2.01. The molecule has 2 aromatic heterocycles. The van der Waals surface area contributed by atoms with Crippen LogP contribution in [0.2, 0.25) is 5.15 Å². The zero-order chi connectivity index (χ0) is 13.9. The summed E-state index contributed by atoms with van der Waals surface area (Å²) in [6.45, 7) is 0. The van der Waals surface area contributed by atoms with Gasteiger partial charge in [0, 0.05) is 17.8 Å². The number of benzene rings is 1. The molecule has 0 amide bonds. The Morgan fingerprint density at radius 3 is 2.65 bits per heavy atom. The Morgan fingerprint density at radius 1 is 1.05 bits per heavy atom. The summed E-state index contributed by atoms with van der Waals surface area (Å²) in [6, 6.07) is 13.5. The number of rotatable bonds is 3. The molecule has 0 spiro atoms. The van der Waals surface area contributed by atoms with E-state index in [0.717, 1.165) is 22.0 Å². The van der Waals surface area contributed by atoms with Crippen molar-refractivity contribution in [3.63, 3.8) is 0 Å². The van der Waals surface area contributed by atoms with Crippen LogP contribution in [0.3, 0.4) is 0 Å². The molecule has 3 N–H and O–H groups in total. The number of nitrogens with two attached hydrogens (primary N) is 1. The van der Waals surface area contributed by atoms with E-state index in [1.165, 1.54) is 0 Å². The largest absolute Gasteiger partial charge is 0.271 e.